The maximum atomic E-state index is 11.6. The third kappa shape index (κ3) is 4.41. The van der Waals surface area contributed by atoms with E-state index in [1.807, 2.05) is 12.1 Å². The molecule has 136 valence electrons. The zero-order valence-electron chi connectivity index (χ0n) is 14.2. The summed E-state index contributed by atoms with van der Waals surface area (Å²) in [7, 11) is 1.79. The average molecular weight is 394 g/mol. The van der Waals surface area contributed by atoms with Gasteiger partial charge in [0, 0.05) is 17.6 Å². The van der Waals surface area contributed by atoms with Gasteiger partial charge in [-0.3, -0.25) is 4.79 Å². The van der Waals surface area contributed by atoms with Crippen LogP contribution in [0.2, 0.25) is 5.02 Å². The summed E-state index contributed by atoms with van der Waals surface area (Å²) < 4.78 is 11.9. The van der Waals surface area contributed by atoms with Gasteiger partial charge in [-0.1, -0.05) is 40.7 Å². The van der Waals surface area contributed by atoms with Crippen molar-refractivity contribution in [1.29, 1.82) is 0 Å². The highest BCUT2D eigenvalue weighted by atomic mass is 35.5. The summed E-state index contributed by atoms with van der Waals surface area (Å²) in [6.07, 6.45) is 0.0807. The van der Waals surface area contributed by atoms with E-state index in [1.54, 1.807) is 30.7 Å². The van der Waals surface area contributed by atoms with Gasteiger partial charge in [-0.2, -0.15) is 4.98 Å². The number of rotatable bonds is 7. The highest BCUT2D eigenvalue weighted by Crippen LogP contribution is 2.24. The molecule has 0 fully saturated rings. The van der Waals surface area contributed by atoms with Gasteiger partial charge in [-0.25, -0.2) is 0 Å². The standard InChI is InChI=1S/C16H16ClN5O3S/c1-3-24-14(23)8-12-19-20-16(22(12)2)26-9-13-18-15(21-25-13)10-5-4-6-11(17)7-10/h4-7H,3,8-9H2,1-2H3. The molecule has 26 heavy (non-hydrogen) atoms. The largest absolute Gasteiger partial charge is 0.466 e. The van der Waals surface area contributed by atoms with Gasteiger partial charge in [-0.05, 0) is 19.1 Å². The number of hydrogen-bond donors (Lipinski definition) is 0. The third-order valence-electron chi connectivity index (χ3n) is 3.41. The normalized spacial score (nSPS) is 10.9. The molecule has 0 aliphatic rings. The van der Waals surface area contributed by atoms with Crippen LogP contribution in [0.25, 0.3) is 11.4 Å². The van der Waals surface area contributed by atoms with Crippen LogP contribution >= 0.6 is 23.4 Å². The number of ether oxygens (including phenoxy) is 1. The first kappa shape index (κ1) is 18.4. The summed E-state index contributed by atoms with van der Waals surface area (Å²) in [5.41, 5.74) is 0.785. The van der Waals surface area contributed by atoms with Gasteiger partial charge in [0.2, 0.25) is 11.7 Å². The Balaban J connectivity index is 1.63. The van der Waals surface area contributed by atoms with Crippen LogP contribution in [0.15, 0.2) is 33.9 Å². The fraction of sp³-hybridized carbons (Fsp3) is 0.312. The quantitative estimate of drug-likeness (QED) is 0.446. The molecule has 1 aromatic carbocycles. The first-order valence-corrected chi connectivity index (χ1v) is 9.18. The monoisotopic (exact) mass is 393 g/mol. The number of thioether (sulfide) groups is 1. The molecule has 0 aliphatic heterocycles. The number of aromatic nitrogens is 5. The maximum absolute atomic E-state index is 11.6. The number of halogens is 1. The number of benzene rings is 1. The van der Waals surface area contributed by atoms with Crippen LogP contribution in [0.5, 0.6) is 0 Å². The lowest BCUT2D eigenvalue weighted by Gasteiger charge is -2.02. The number of nitrogens with zero attached hydrogens (tertiary/aromatic N) is 5. The van der Waals surface area contributed by atoms with Crippen LogP contribution in [-0.2, 0) is 28.8 Å². The molecule has 0 N–H and O–H groups in total. The molecule has 0 atom stereocenters. The fourth-order valence-electron chi connectivity index (χ4n) is 2.15. The Morgan fingerprint density at radius 3 is 3.00 bits per heavy atom. The van der Waals surface area contributed by atoms with Crippen molar-refractivity contribution in [3.05, 3.63) is 41.0 Å². The molecule has 0 amide bonds. The Morgan fingerprint density at radius 1 is 1.38 bits per heavy atom. The molecule has 10 heteroatoms. The molecule has 2 aromatic heterocycles. The van der Waals surface area contributed by atoms with E-state index in [9.17, 15) is 4.79 Å². The number of carbonyl (C=O) groups is 1. The van der Waals surface area contributed by atoms with E-state index in [4.69, 9.17) is 20.9 Å². The van der Waals surface area contributed by atoms with Gasteiger partial charge in [0.15, 0.2) is 5.16 Å². The summed E-state index contributed by atoms with van der Waals surface area (Å²) >= 11 is 7.37. The fourth-order valence-corrected chi connectivity index (χ4v) is 3.11. The lowest BCUT2D eigenvalue weighted by atomic mass is 10.2. The van der Waals surface area contributed by atoms with E-state index in [2.05, 4.69) is 20.3 Å². The van der Waals surface area contributed by atoms with Crippen molar-refractivity contribution in [2.45, 2.75) is 24.3 Å². The van der Waals surface area contributed by atoms with Crippen molar-refractivity contribution in [1.82, 2.24) is 24.9 Å². The van der Waals surface area contributed by atoms with Gasteiger partial charge in [0.05, 0.1) is 12.4 Å². The molecule has 2 heterocycles. The Kier molecular flexibility index (Phi) is 5.89. The second-order valence-electron chi connectivity index (χ2n) is 5.25. The molecule has 3 aromatic rings. The van der Waals surface area contributed by atoms with Gasteiger partial charge in [-0.15, -0.1) is 10.2 Å². The van der Waals surface area contributed by atoms with Gasteiger partial charge in [0.1, 0.15) is 12.2 Å². The number of esters is 1. The smallest absolute Gasteiger partial charge is 0.313 e. The molecule has 0 radical (unpaired) electrons. The van der Waals surface area contributed by atoms with Crippen LogP contribution in [0.1, 0.15) is 18.6 Å². The van der Waals surface area contributed by atoms with E-state index in [-0.39, 0.29) is 12.4 Å². The average Bonchev–Trinajstić information content (AvgIpc) is 3.21. The molecule has 0 unspecified atom stereocenters. The van der Waals surface area contributed by atoms with Crippen molar-refractivity contribution >= 4 is 29.3 Å². The molecule has 0 spiro atoms. The topological polar surface area (TPSA) is 95.9 Å². The van der Waals surface area contributed by atoms with Crippen LogP contribution < -0.4 is 0 Å². The second kappa shape index (κ2) is 8.33. The van der Waals surface area contributed by atoms with Crippen molar-refractivity contribution in [3.63, 3.8) is 0 Å². The molecule has 0 saturated heterocycles. The molecular weight excluding hydrogens is 378 g/mol. The van der Waals surface area contributed by atoms with Crippen molar-refractivity contribution in [3.8, 4) is 11.4 Å². The summed E-state index contributed by atoms with van der Waals surface area (Å²) in [6, 6.07) is 7.24. The minimum Gasteiger partial charge on any atom is -0.466 e. The Bertz CT molecular complexity index is 911. The van der Waals surface area contributed by atoms with Crippen LogP contribution in [0, 0.1) is 0 Å². The molecule has 3 rings (SSSR count). The molecular formula is C16H16ClN5O3S. The van der Waals surface area contributed by atoms with Gasteiger partial charge >= 0.3 is 5.97 Å². The number of hydrogen-bond acceptors (Lipinski definition) is 8. The summed E-state index contributed by atoms with van der Waals surface area (Å²) in [5.74, 6) is 1.57. The first-order valence-electron chi connectivity index (χ1n) is 7.82. The van der Waals surface area contributed by atoms with E-state index >= 15 is 0 Å². The Hall–Kier alpha value is -2.39. The minimum absolute atomic E-state index is 0.0807. The van der Waals surface area contributed by atoms with Crippen molar-refractivity contribution < 1.29 is 14.1 Å². The van der Waals surface area contributed by atoms with E-state index < -0.39 is 0 Å². The first-order chi connectivity index (χ1) is 12.6. The van der Waals surface area contributed by atoms with Crippen molar-refractivity contribution in [2.75, 3.05) is 6.61 Å². The summed E-state index contributed by atoms with van der Waals surface area (Å²) in [6.45, 7) is 2.10. The maximum Gasteiger partial charge on any atom is 0.313 e. The van der Waals surface area contributed by atoms with E-state index in [0.29, 0.717) is 40.1 Å². The zero-order chi connectivity index (χ0) is 18.5. The highest BCUT2D eigenvalue weighted by molar-refractivity contribution is 7.98. The van der Waals surface area contributed by atoms with Crippen LogP contribution in [-0.4, -0.2) is 37.5 Å². The summed E-state index contributed by atoms with van der Waals surface area (Å²) in [5, 5.41) is 13.3. The van der Waals surface area contributed by atoms with Crippen LogP contribution in [0.3, 0.4) is 0 Å². The zero-order valence-corrected chi connectivity index (χ0v) is 15.8. The lowest BCUT2D eigenvalue weighted by Crippen LogP contribution is -2.11. The minimum atomic E-state index is -0.331. The molecule has 8 nitrogen and oxygen atoms in total. The van der Waals surface area contributed by atoms with E-state index in [0.717, 1.165) is 5.56 Å². The van der Waals surface area contributed by atoms with Crippen molar-refractivity contribution in [2.24, 2.45) is 7.05 Å². The Morgan fingerprint density at radius 2 is 2.23 bits per heavy atom. The predicted octanol–water partition coefficient (Wildman–Crippen LogP) is 2.92. The highest BCUT2D eigenvalue weighted by Gasteiger charge is 2.15. The third-order valence-corrected chi connectivity index (χ3v) is 4.65. The Labute approximate surface area is 158 Å². The van der Waals surface area contributed by atoms with E-state index in [1.165, 1.54) is 11.8 Å². The second-order valence-corrected chi connectivity index (χ2v) is 6.63. The molecule has 0 bridgehead atoms. The lowest BCUT2D eigenvalue weighted by molar-refractivity contribution is -0.142. The van der Waals surface area contributed by atoms with Crippen LogP contribution in [0.4, 0.5) is 0 Å². The SMILES string of the molecule is CCOC(=O)Cc1nnc(SCc2nc(-c3cccc(Cl)c3)no2)n1C. The van der Waals surface area contributed by atoms with Gasteiger partial charge in [0.25, 0.3) is 0 Å². The van der Waals surface area contributed by atoms with Gasteiger partial charge < -0.3 is 13.8 Å². The predicted molar refractivity (Wildman–Crippen MR) is 95.6 cm³/mol. The molecule has 0 saturated carbocycles. The summed E-state index contributed by atoms with van der Waals surface area (Å²) in [4.78, 5) is 15.9. The number of carbonyl (C=O) groups excluding carboxylic acids is 1. The molecule has 0 aliphatic carbocycles.